The highest BCUT2D eigenvalue weighted by Crippen LogP contribution is 2.31. The van der Waals surface area contributed by atoms with Crippen molar-refractivity contribution in [3.63, 3.8) is 0 Å². The second kappa shape index (κ2) is 6.29. The third-order valence-electron chi connectivity index (χ3n) is 3.48. The molecule has 1 aromatic rings. The van der Waals surface area contributed by atoms with Crippen LogP contribution >= 0.6 is 0 Å². The molecule has 1 aromatic carbocycles. The topological polar surface area (TPSA) is 46.5 Å². The van der Waals surface area contributed by atoms with Crippen molar-refractivity contribution in [2.45, 2.75) is 52.9 Å². The average Bonchev–Trinajstić information content (AvgIpc) is 2.34. The van der Waals surface area contributed by atoms with Crippen LogP contribution in [0.3, 0.4) is 0 Å². The minimum atomic E-state index is -0.757. The van der Waals surface area contributed by atoms with Crippen molar-refractivity contribution in [3.8, 4) is 5.75 Å². The zero-order valence-electron chi connectivity index (χ0n) is 13.2. The van der Waals surface area contributed by atoms with E-state index < -0.39 is 11.4 Å². The number of benzene rings is 1. The first-order valence-corrected chi connectivity index (χ1v) is 7.10. The molecular weight excluding hydrogens is 252 g/mol. The monoisotopic (exact) mass is 278 g/mol. The molecule has 0 aliphatic rings. The summed E-state index contributed by atoms with van der Waals surface area (Å²) in [5.74, 6) is 0.140. The Balaban J connectivity index is 2.58. The fourth-order valence-corrected chi connectivity index (χ4v) is 2.02. The van der Waals surface area contributed by atoms with Crippen molar-refractivity contribution in [2.75, 3.05) is 6.61 Å². The van der Waals surface area contributed by atoms with Gasteiger partial charge in [-0.2, -0.15) is 0 Å². The third kappa shape index (κ3) is 4.55. The molecule has 0 aliphatic carbocycles. The van der Waals surface area contributed by atoms with Gasteiger partial charge >= 0.3 is 5.97 Å². The Labute approximate surface area is 122 Å². The van der Waals surface area contributed by atoms with Gasteiger partial charge in [-0.25, -0.2) is 0 Å². The summed E-state index contributed by atoms with van der Waals surface area (Å²) in [6.07, 6.45) is 1.35. The number of carboxylic acid groups (broad SMARTS) is 1. The molecule has 1 N–H and O–H groups in total. The molecule has 0 saturated carbocycles. The zero-order valence-corrected chi connectivity index (χ0v) is 13.2. The van der Waals surface area contributed by atoms with E-state index in [1.165, 1.54) is 5.56 Å². The van der Waals surface area contributed by atoms with E-state index in [-0.39, 0.29) is 5.41 Å². The van der Waals surface area contributed by atoms with E-state index in [1.54, 1.807) is 13.8 Å². The molecule has 0 radical (unpaired) electrons. The number of aliphatic carboxylic acids is 1. The van der Waals surface area contributed by atoms with Crippen molar-refractivity contribution in [2.24, 2.45) is 5.41 Å². The Bertz CT molecular complexity index is 456. The Morgan fingerprint density at radius 2 is 1.75 bits per heavy atom. The second-order valence-corrected chi connectivity index (χ2v) is 6.89. The lowest BCUT2D eigenvalue weighted by Gasteiger charge is -2.23. The lowest BCUT2D eigenvalue weighted by molar-refractivity contribution is -0.147. The largest absolute Gasteiger partial charge is 0.493 e. The summed E-state index contributed by atoms with van der Waals surface area (Å²) in [7, 11) is 0. The Morgan fingerprint density at radius 3 is 2.30 bits per heavy atom. The molecule has 0 atom stereocenters. The maximum absolute atomic E-state index is 11.0. The fraction of sp³-hybridized carbons (Fsp3) is 0.588. The van der Waals surface area contributed by atoms with Crippen LogP contribution in [0.4, 0.5) is 0 Å². The summed E-state index contributed by atoms with van der Waals surface area (Å²) in [6.45, 7) is 10.5. The highest BCUT2D eigenvalue weighted by molar-refractivity contribution is 5.73. The number of hydrogen-bond acceptors (Lipinski definition) is 2. The van der Waals surface area contributed by atoms with Crippen LogP contribution in [0.15, 0.2) is 24.3 Å². The summed E-state index contributed by atoms with van der Waals surface area (Å²) < 4.78 is 5.85. The standard InChI is InChI=1S/C17H26O3/c1-16(2,3)13-9-6-7-10-14(13)20-12-8-11-17(4,5)15(18)19/h6-7,9-10H,8,11-12H2,1-5H3,(H,18,19). The second-order valence-electron chi connectivity index (χ2n) is 6.89. The molecule has 0 aliphatic heterocycles. The minimum absolute atomic E-state index is 0.0386. The summed E-state index contributed by atoms with van der Waals surface area (Å²) in [5, 5.41) is 9.07. The lowest BCUT2D eigenvalue weighted by Crippen LogP contribution is -2.24. The van der Waals surface area contributed by atoms with Gasteiger partial charge in [0.1, 0.15) is 5.75 Å². The van der Waals surface area contributed by atoms with Crippen molar-refractivity contribution >= 4 is 5.97 Å². The molecule has 0 bridgehead atoms. The Kier molecular flexibility index (Phi) is 5.21. The fourth-order valence-electron chi connectivity index (χ4n) is 2.02. The van der Waals surface area contributed by atoms with Crippen molar-refractivity contribution < 1.29 is 14.6 Å². The molecule has 112 valence electrons. The molecule has 1 rings (SSSR count). The van der Waals surface area contributed by atoms with Gasteiger partial charge in [-0.15, -0.1) is 0 Å². The molecule has 20 heavy (non-hydrogen) atoms. The first-order valence-electron chi connectivity index (χ1n) is 7.10. The minimum Gasteiger partial charge on any atom is -0.493 e. The van der Waals surface area contributed by atoms with Gasteiger partial charge in [0.2, 0.25) is 0 Å². The van der Waals surface area contributed by atoms with E-state index >= 15 is 0 Å². The smallest absolute Gasteiger partial charge is 0.309 e. The molecule has 3 nitrogen and oxygen atoms in total. The van der Waals surface area contributed by atoms with E-state index in [9.17, 15) is 4.79 Å². The van der Waals surface area contributed by atoms with Gasteiger partial charge in [0.15, 0.2) is 0 Å². The van der Waals surface area contributed by atoms with Crippen LogP contribution in [0.25, 0.3) is 0 Å². The van der Waals surface area contributed by atoms with Gasteiger partial charge in [0, 0.05) is 0 Å². The number of para-hydroxylation sites is 1. The summed E-state index contributed by atoms with van der Waals surface area (Å²) >= 11 is 0. The van der Waals surface area contributed by atoms with Gasteiger partial charge in [-0.05, 0) is 43.7 Å². The van der Waals surface area contributed by atoms with Crippen LogP contribution < -0.4 is 4.74 Å². The first kappa shape index (κ1) is 16.5. The molecule has 3 heteroatoms. The van der Waals surface area contributed by atoms with Gasteiger partial charge < -0.3 is 9.84 Å². The average molecular weight is 278 g/mol. The SMILES string of the molecule is CC(C)(CCCOc1ccccc1C(C)(C)C)C(=O)O. The number of hydrogen-bond donors (Lipinski definition) is 1. The van der Waals surface area contributed by atoms with Gasteiger partial charge in [-0.3, -0.25) is 4.79 Å². The highest BCUT2D eigenvalue weighted by atomic mass is 16.5. The number of carbonyl (C=O) groups is 1. The van der Waals surface area contributed by atoms with E-state index in [1.807, 2.05) is 18.2 Å². The Hall–Kier alpha value is -1.51. The number of ether oxygens (including phenoxy) is 1. The van der Waals surface area contributed by atoms with Crippen molar-refractivity contribution in [1.82, 2.24) is 0 Å². The first-order chi connectivity index (χ1) is 9.14. The molecule has 0 unspecified atom stereocenters. The molecule has 0 spiro atoms. The van der Waals surface area contributed by atoms with Crippen LogP contribution in [-0.2, 0) is 10.2 Å². The van der Waals surface area contributed by atoms with Gasteiger partial charge in [-0.1, -0.05) is 39.0 Å². The lowest BCUT2D eigenvalue weighted by atomic mass is 9.86. The molecule has 0 fully saturated rings. The molecule has 0 heterocycles. The normalized spacial score (nSPS) is 12.2. The van der Waals surface area contributed by atoms with Crippen LogP contribution in [0, 0.1) is 5.41 Å². The molecule has 0 aromatic heterocycles. The quantitative estimate of drug-likeness (QED) is 0.791. The van der Waals surface area contributed by atoms with Crippen molar-refractivity contribution in [1.29, 1.82) is 0 Å². The van der Waals surface area contributed by atoms with E-state index in [0.717, 1.165) is 12.2 Å². The summed E-state index contributed by atoms with van der Waals surface area (Å²) in [5.41, 5.74) is 0.529. The van der Waals surface area contributed by atoms with Gasteiger partial charge in [0.25, 0.3) is 0 Å². The maximum atomic E-state index is 11.0. The summed E-state index contributed by atoms with van der Waals surface area (Å²) in [6, 6.07) is 8.03. The van der Waals surface area contributed by atoms with Crippen LogP contribution in [-0.4, -0.2) is 17.7 Å². The predicted octanol–water partition coefficient (Wildman–Crippen LogP) is 4.25. The van der Waals surface area contributed by atoms with Crippen molar-refractivity contribution in [3.05, 3.63) is 29.8 Å². The summed E-state index contributed by atoms with van der Waals surface area (Å²) in [4.78, 5) is 11.0. The van der Waals surface area contributed by atoms with Crippen LogP contribution in [0.2, 0.25) is 0 Å². The van der Waals surface area contributed by atoms with E-state index in [4.69, 9.17) is 9.84 Å². The third-order valence-corrected chi connectivity index (χ3v) is 3.48. The van der Waals surface area contributed by atoms with Gasteiger partial charge in [0.05, 0.1) is 12.0 Å². The number of carboxylic acids is 1. The van der Waals surface area contributed by atoms with E-state index in [2.05, 4.69) is 26.8 Å². The molecule has 0 saturated heterocycles. The zero-order chi connectivity index (χ0) is 15.4. The highest BCUT2D eigenvalue weighted by Gasteiger charge is 2.26. The number of rotatable bonds is 6. The molecular formula is C17H26O3. The Morgan fingerprint density at radius 1 is 1.15 bits per heavy atom. The van der Waals surface area contributed by atoms with Crippen LogP contribution in [0.1, 0.15) is 53.0 Å². The van der Waals surface area contributed by atoms with E-state index in [0.29, 0.717) is 13.0 Å². The molecule has 0 amide bonds. The maximum Gasteiger partial charge on any atom is 0.309 e. The predicted molar refractivity (Wildman–Crippen MR) is 81.3 cm³/mol. The van der Waals surface area contributed by atoms with Crippen LogP contribution in [0.5, 0.6) is 5.75 Å².